The summed E-state index contributed by atoms with van der Waals surface area (Å²) in [7, 11) is 0. The van der Waals surface area contributed by atoms with E-state index in [0.717, 1.165) is 23.1 Å². The second-order valence-corrected chi connectivity index (χ2v) is 4.32. The second kappa shape index (κ2) is 4.68. The third-order valence-electron chi connectivity index (χ3n) is 3.12. The number of hydrogen-bond acceptors (Lipinski definition) is 3. The van der Waals surface area contributed by atoms with Crippen LogP contribution >= 0.6 is 0 Å². The summed E-state index contributed by atoms with van der Waals surface area (Å²) in [5, 5.41) is 5.54. The molecule has 1 N–H and O–H groups in total. The largest absolute Gasteiger partial charge is 0.342 e. The number of ketones is 1. The predicted molar refractivity (Wildman–Crippen MR) is 72.0 cm³/mol. The lowest BCUT2D eigenvalue weighted by molar-refractivity contribution is 0.0983. The number of aromatic amines is 1. The summed E-state index contributed by atoms with van der Waals surface area (Å²) >= 11 is 0. The van der Waals surface area contributed by atoms with E-state index >= 15 is 0 Å². The molecule has 0 radical (unpaired) electrons. The molecule has 1 aromatic carbocycles. The van der Waals surface area contributed by atoms with E-state index in [1.165, 1.54) is 0 Å². The van der Waals surface area contributed by atoms with Gasteiger partial charge in [0.05, 0.1) is 17.6 Å². The highest BCUT2D eigenvalue weighted by Crippen LogP contribution is 2.19. The maximum Gasteiger partial charge on any atom is 0.204 e. The number of para-hydroxylation sites is 1. The van der Waals surface area contributed by atoms with Crippen molar-refractivity contribution >= 4 is 16.7 Å². The van der Waals surface area contributed by atoms with Crippen molar-refractivity contribution in [1.29, 1.82) is 0 Å². The molecule has 0 amide bonds. The molecule has 0 spiro atoms. The first-order valence-electron chi connectivity index (χ1n) is 6.26. The summed E-state index contributed by atoms with van der Waals surface area (Å²) < 4.78 is 1.92. The maximum atomic E-state index is 12.1. The number of imidazole rings is 1. The molecule has 19 heavy (non-hydrogen) atoms. The standard InChI is InChI=1S/C14H14N4O/c1-2-18-12-6-4-3-5-10(12)11(17-18)9-13(19)14-15-7-8-16-14/h3-8H,2,9H2,1H3,(H,15,16). The first kappa shape index (κ1) is 11.6. The molecule has 0 fully saturated rings. The Hall–Kier alpha value is -2.43. The molecule has 3 rings (SSSR count). The fraction of sp³-hybridized carbons (Fsp3) is 0.214. The molecule has 0 saturated heterocycles. The highest BCUT2D eigenvalue weighted by atomic mass is 16.1. The Morgan fingerprint density at radius 2 is 2.21 bits per heavy atom. The zero-order valence-corrected chi connectivity index (χ0v) is 10.6. The smallest absolute Gasteiger partial charge is 0.204 e. The first-order chi connectivity index (χ1) is 9.29. The molecule has 5 heteroatoms. The van der Waals surface area contributed by atoms with Gasteiger partial charge in [0.25, 0.3) is 0 Å². The SMILES string of the molecule is CCn1nc(CC(=O)c2ncc[nH]2)c2ccccc21. The molecule has 0 bridgehead atoms. The van der Waals surface area contributed by atoms with Crippen LogP contribution in [-0.4, -0.2) is 25.5 Å². The average molecular weight is 254 g/mol. The molecule has 0 aliphatic heterocycles. The fourth-order valence-electron chi connectivity index (χ4n) is 2.22. The number of rotatable bonds is 4. The number of nitrogens with one attached hydrogen (secondary N) is 1. The first-order valence-corrected chi connectivity index (χ1v) is 6.26. The highest BCUT2D eigenvalue weighted by Gasteiger charge is 2.15. The topological polar surface area (TPSA) is 63.6 Å². The molecule has 2 aromatic heterocycles. The van der Waals surface area contributed by atoms with Crippen molar-refractivity contribution in [2.75, 3.05) is 0 Å². The molecule has 2 heterocycles. The van der Waals surface area contributed by atoms with Gasteiger partial charge < -0.3 is 4.98 Å². The summed E-state index contributed by atoms with van der Waals surface area (Å²) in [5.74, 6) is 0.339. The second-order valence-electron chi connectivity index (χ2n) is 4.32. The Labute approximate surface area is 110 Å². The van der Waals surface area contributed by atoms with Crippen LogP contribution in [0.3, 0.4) is 0 Å². The predicted octanol–water partition coefficient (Wildman–Crippen LogP) is 2.20. The number of Topliss-reactive ketones (excluding diaryl/α,β-unsaturated/α-hetero) is 1. The fourth-order valence-corrected chi connectivity index (χ4v) is 2.22. The van der Waals surface area contributed by atoms with E-state index in [-0.39, 0.29) is 12.2 Å². The number of carbonyl (C=O) groups excluding carboxylic acids is 1. The van der Waals surface area contributed by atoms with Crippen LogP contribution in [0.2, 0.25) is 0 Å². The van der Waals surface area contributed by atoms with E-state index < -0.39 is 0 Å². The quantitative estimate of drug-likeness (QED) is 0.726. The summed E-state index contributed by atoms with van der Waals surface area (Å²) in [5.41, 5.74) is 1.87. The van der Waals surface area contributed by atoms with Crippen molar-refractivity contribution in [2.24, 2.45) is 0 Å². The summed E-state index contributed by atoms with van der Waals surface area (Å²) in [4.78, 5) is 18.9. The van der Waals surface area contributed by atoms with Crippen molar-refractivity contribution in [2.45, 2.75) is 19.9 Å². The van der Waals surface area contributed by atoms with E-state index in [2.05, 4.69) is 15.1 Å². The Morgan fingerprint density at radius 1 is 1.37 bits per heavy atom. The molecular formula is C14H14N4O. The van der Waals surface area contributed by atoms with E-state index in [9.17, 15) is 4.79 Å². The minimum absolute atomic E-state index is 0.0449. The molecule has 0 atom stereocenters. The minimum atomic E-state index is -0.0449. The van der Waals surface area contributed by atoms with Crippen LogP contribution in [-0.2, 0) is 13.0 Å². The number of benzene rings is 1. The van der Waals surface area contributed by atoms with Crippen LogP contribution < -0.4 is 0 Å². The van der Waals surface area contributed by atoms with Crippen LogP contribution in [0.4, 0.5) is 0 Å². The van der Waals surface area contributed by atoms with Crippen molar-refractivity contribution in [3.63, 3.8) is 0 Å². The Morgan fingerprint density at radius 3 is 2.95 bits per heavy atom. The Balaban J connectivity index is 1.99. The average Bonchev–Trinajstić information content (AvgIpc) is 3.07. The molecule has 5 nitrogen and oxygen atoms in total. The van der Waals surface area contributed by atoms with Crippen molar-refractivity contribution in [3.8, 4) is 0 Å². The van der Waals surface area contributed by atoms with Gasteiger partial charge in [-0.2, -0.15) is 5.10 Å². The number of H-pyrrole nitrogens is 1. The third kappa shape index (κ3) is 2.03. The van der Waals surface area contributed by atoms with Crippen LogP contribution in [0.15, 0.2) is 36.7 Å². The molecule has 0 aliphatic carbocycles. The van der Waals surface area contributed by atoms with Gasteiger partial charge in [-0.15, -0.1) is 0 Å². The lowest BCUT2D eigenvalue weighted by Crippen LogP contribution is -2.07. The minimum Gasteiger partial charge on any atom is -0.342 e. The van der Waals surface area contributed by atoms with E-state index in [4.69, 9.17) is 0 Å². The van der Waals surface area contributed by atoms with E-state index in [1.54, 1.807) is 12.4 Å². The lowest BCUT2D eigenvalue weighted by atomic mass is 10.1. The van der Waals surface area contributed by atoms with Crippen LogP contribution in [0.1, 0.15) is 23.2 Å². The van der Waals surface area contributed by atoms with Gasteiger partial charge in [-0.05, 0) is 13.0 Å². The number of aryl methyl sites for hydroxylation is 1. The van der Waals surface area contributed by atoms with E-state index in [1.807, 2.05) is 35.9 Å². The molecule has 96 valence electrons. The van der Waals surface area contributed by atoms with Crippen molar-refractivity contribution < 1.29 is 4.79 Å². The van der Waals surface area contributed by atoms with Gasteiger partial charge in [-0.25, -0.2) is 4.98 Å². The zero-order chi connectivity index (χ0) is 13.2. The lowest BCUT2D eigenvalue weighted by Gasteiger charge is -1.95. The number of aromatic nitrogens is 4. The highest BCUT2D eigenvalue weighted by molar-refractivity contribution is 5.96. The molecule has 0 aliphatic rings. The van der Waals surface area contributed by atoms with Gasteiger partial charge in [-0.3, -0.25) is 9.48 Å². The molecule has 3 aromatic rings. The maximum absolute atomic E-state index is 12.1. The Kier molecular flexibility index (Phi) is 2.87. The number of nitrogens with zero attached hydrogens (tertiary/aromatic N) is 3. The van der Waals surface area contributed by atoms with Gasteiger partial charge in [-0.1, -0.05) is 18.2 Å². The van der Waals surface area contributed by atoms with Crippen LogP contribution in [0, 0.1) is 0 Å². The number of hydrogen-bond donors (Lipinski definition) is 1. The summed E-state index contributed by atoms with van der Waals surface area (Å²) in [6.07, 6.45) is 3.49. The van der Waals surface area contributed by atoms with Gasteiger partial charge in [0.1, 0.15) is 0 Å². The van der Waals surface area contributed by atoms with E-state index in [0.29, 0.717) is 5.82 Å². The molecule has 0 saturated carbocycles. The monoisotopic (exact) mass is 254 g/mol. The van der Waals surface area contributed by atoms with Gasteiger partial charge >= 0.3 is 0 Å². The van der Waals surface area contributed by atoms with Crippen LogP contribution in [0.5, 0.6) is 0 Å². The molecule has 0 unspecified atom stereocenters. The van der Waals surface area contributed by atoms with Gasteiger partial charge in [0.2, 0.25) is 5.78 Å². The van der Waals surface area contributed by atoms with Gasteiger partial charge in [0, 0.05) is 24.3 Å². The van der Waals surface area contributed by atoms with Crippen LogP contribution in [0.25, 0.3) is 10.9 Å². The molecular weight excluding hydrogens is 240 g/mol. The van der Waals surface area contributed by atoms with Crippen molar-refractivity contribution in [3.05, 3.63) is 48.2 Å². The number of carbonyl (C=O) groups is 1. The number of fused-ring (bicyclic) bond motifs is 1. The third-order valence-corrected chi connectivity index (χ3v) is 3.12. The zero-order valence-electron chi connectivity index (χ0n) is 10.6. The normalized spacial score (nSPS) is 11.0. The van der Waals surface area contributed by atoms with Crippen molar-refractivity contribution in [1.82, 2.24) is 19.7 Å². The Bertz CT molecular complexity index is 712. The summed E-state index contributed by atoms with van der Waals surface area (Å²) in [6.45, 7) is 2.83. The summed E-state index contributed by atoms with van der Waals surface area (Å²) in [6, 6.07) is 7.96. The van der Waals surface area contributed by atoms with Gasteiger partial charge in [0.15, 0.2) is 5.82 Å².